The third-order valence-electron chi connectivity index (χ3n) is 6.63. The predicted molar refractivity (Wildman–Crippen MR) is 106 cm³/mol. The van der Waals surface area contributed by atoms with Crippen LogP contribution in [0.25, 0.3) is 0 Å². The summed E-state index contributed by atoms with van der Waals surface area (Å²) in [6.45, 7) is 2.39. The number of hydrogen-bond acceptors (Lipinski definition) is 6. The van der Waals surface area contributed by atoms with Crippen LogP contribution in [-0.2, 0) is 24.7 Å². The molecule has 4 heterocycles. The lowest BCUT2D eigenvalue weighted by Crippen LogP contribution is -2.55. The zero-order valence-electron chi connectivity index (χ0n) is 15.9. The molecule has 0 bridgehead atoms. The molecule has 0 unspecified atom stereocenters. The second-order valence-corrected chi connectivity index (χ2v) is 9.20. The number of anilines is 1. The number of ether oxygens (including phenoxy) is 1. The van der Waals surface area contributed by atoms with Crippen molar-refractivity contribution < 1.29 is 24.2 Å². The van der Waals surface area contributed by atoms with Gasteiger partial charge in [-0.1, -0.05) is 15.9 Å². The van der Waals surface area contributed by atoms with E-state index < -0.39 is 29.5 Å². The molecule has 3 saturated heterocycles. The number of carbonyl (C=O) groups excluding carboxylic acids is 3. The monoisotopic (exact) mass is 463 g/mol. The van der Waals surface area contributed by atoms with E-state index in [0.29, 0.717) is 17.9 Å². The number of imide groups is 1. The van der Waals surface area contributed by atoms with Gasteiger partial charge in [0, 0.05) is 28.4 Å². The van der Waals surface area contributed by atoms with Gasteiger partial charge in [0.25, 0.3) is 0 Å². The zero-order chi connectivity index (χ0) is 20.5. The molecule has 154 valence electrons. The number of fused-ring (bicyclic) bond motifs is 4. The number of rotatable bonds is 3. The van der Waals surface area contributed by atoms with Crippen LogP contribution in [0, 0.1) is 11.8 Å². The number of likely N-dealkylation sites (tertiary alicyclic amines) is 1. The Bertz CT molecular complexity index is 915. The van der Waals surface area contributed by atoms with Crippen molar-refractivity contribution in [2.45, 2.75) is 43.6 Å². The minimum atomic E-state index is -1.39. The van der Waals surface area contributed by atoms with Gasteiger partial charge in [0.1, 0.15) is 5.54 Å². The van der Waals surface area contributed by atoms with Crippen LogP contribution >= 0.6 is 15.9 Å². The highest BCUT2D eigenvalue weighted by Crippen LogP contribution is 2.53. The molecular weight excluding hydrogens is 442 g/mol. The fourth-order valence-electron chi connectivity index (χ4n) is 5.35. The first-order chi connectivity index (χ1) is 13.8. The minimum Gasteiger partial charge on any atom is -0.392 e. The molecule has 4 aliphatic heterocycles. The van der Waals surface area contributed by atoms with Crippen LogP contribution in [0.3, 0.4) is 0 Å². The topological polar surface area (TPSA) is 108 Å². The van der Waals surface area contributed by atoms with Gasteiger partial charge in [0.05, 0.1) is 30.6 Å². The molecule has 1 aromatic carbocycles. The highest BCUT2D eigenvalue weighted by Gasteiger charge is 2.71. The molecule has 0 radical (unpaired) electrons. The van der Waals surface area contributed by atoms with Crippen LogP contribution in [0.1, 0.15) is 25.3 Å². The lowest BCUT2D eigenvalue weighted by Gasteiger charge is -2.30. The van der Waals surface area contributed by atoms with Gasteiger partial charge in [-0.2, -0.15) is 0 Å². The molecule has 1 aromatic rings. The van der Waals surface area contributed by atoms with E-state index in [1.54, 1.807) is 19.1 Å². The van der Waals surface area contributed by atoms with E-state index >= 15 is 0 Å². The summed E-state index contributed by atoms with van der Waals surface area (Å²) in [6, 6.07) is 4.66. The Morgan fingerprint density at radius 1 is 1.34 bits per heavy atom. The first kappa shape index (κ1) is 19.2. The molecule has 3 amide bonds. The van der Waals surface area contributed by atoms with E-state index in [1.807, 2.05) is 6.07 Å². The molecule has 8 nitrogen and oxygen atoms in total. The number of carbonyl (C=O) groups is 3. The Kier molecular flexibility index (Phi) is 4.36. The average molecular weight is 464 g/mol. The van der Waals surface area contributed by atoms with E-state index in [0.717, 1.165) is 17.3 Å². The van der Waals surface area contributed by atoms with Gasteiger partial charge in [0.15, 0.2) is 0 Å². The fourth-order valence-corrected chi connectivity index (χ4v) is 5.71. The highest BCUT2D eigenvalue weighted by atomic mass is 79.9. The summed E-state index contributed by atoms with van der Waals surface area (Å²) < 4.78 is 6.38. The summed E-state index contributed by atoms with van der Waals surface area (Å²) in [6.07, 6.45) is 0.616. The van der Waals surface area contributed by atoms with Crippen molar-refractivity contribution in [2.75, 3.05) is 18.5 Å². The van der Waals surface area contributed by atoms with Gasteiger partial charge >= 0.3 is 0 Å². The maximum Gasteiger partial charge on any atom is 0.250 e. The second-order valence-electron chi connectivity index (χ2n) is 8.29. The van der Waals surface area contributed by atoms with E-state index in [4.69, 9.17) is 4.74 Å². The Balaban J connectivity index is 1.61. The summed E-state index contributed by atoms with van der Waals surface area (Å²) >= 11 is 3.43. The van der Waals surface area contributed by atoms with Crippen molar-refractivity contribution in [1.29, 1.82) is 0 Å². The maximum atomic E-state index is 13.5. The quantitative estimate of drug-likeness (QED) is 0.570. The second kappa shape index (κ2) is 6.60. The first-order valence-electron chi connectivity index (χ1n) is 9.88. The molecule has 6 atom stereocenters. The summed E-state index contributed by atoms with van der Waals surface area (Å²) in [7, 11) is 0. The zero-order valence-corrected chi connectivity index (χ0v) is 17.4. The molecule has 9 heteroatoms. The van der Waals surface area contributed by atoms with Gasteiger partial charge in [-0.25, -0.2) is 0 Å². The SMILES string of the molecule is C[C@H](O)[C@H]1N[C@]2(C(=O)Nc3ccc(Br)cc32)[C@@H]2C(=O)N(C[C@@H]3CCCO3)C(=O)[C@H]12. The molecule has 29 heavy (non-hydrogen) atoms. The van der Waals surface area contributed by atoms with Gasteiger partial charge in [0.2, 0.25) is 17.7 Å². The molecule has 0 saturated carbocycles. The average Bonchev–Trinajstić information content (AvgIpc) is 3.41. The summed E-state index contributed by atoms with van der Waals surface area (Å²) in [5.41, 5.74) is -0.160. The van der Waals surface area contributed by atoms with Crippen LogP contribution < -0.4 is 10.6 Å². The van der Waals surface area contributed by atoms with Crippen LogP contribution in [0.2, 0.25) is 0 Å². The Hall–Kier alpha value is -1.81. The van der Waals surface area contributed by atoms with Gasteiger partial charge in [-0.05, 0) is 38.0 Å². The maximum absolute atomic E-state index is 13.5. The van der Waals surface area contributed by atoms with E-state index in [1.165, 1.54) is 4.90 Å². The van der Waals surface area contributed by atoms with Crippen molar-refractivity contribution in [3.63, 3.8) is 0 Å². The van der Waals surface area contributed by atoms with Crippen molar-refractivity contribution in [1.82, 2.24) is 10.2 Å². The third kappa shape index (κ3) is 2.57. The van der Waals surface area contributed by atoms with Crippen molar-refractivity contribution in [2.24, 2.45) is 11.8 Å². The normalized spacial score (nSPS) is 36.7. The molecular formula is C20H22BrN3O5. The Morgan fingerprint density at radius 3 is 2.83 bits per heavy atom. The minimum absolute atomic E-state index is 0.172. The summed E-state index contributed by atoms with van der Waals surface area (Å²) in [5, 5.41) is 16.4. The molecule has 0 aromatic heterocycles. The molecule has 4 aliphatic rings. The Morgan fingerprint density at radius 2 is 2.14 bits per heavy atom. The molecule has 3 fully saturated rings. The molecule has 3 N–H and O–H groups in total. The smallest absolute Gasteiger partial charge is 0.250 e. The number of benzene rings is 1. The third-order valence-corrected chi connectivity index (χ3v) is 7.13. The van der Waals surface area contributed by atoms with Gasteiger partial charge in [-0.15, -0.1) is 0 Å². The largest absolute Gasteiger partial charge is 0.392 e. The first-order valence-corrected chi connectivity index (χ1v) is 10.7. The predicted octanol–water partition coefficient (Wildman–Crippen LogP) is 0.729. The highest BCUT2D eigenvalue weighted by molar-refractivity contribution is 9.10. The molecule has 5 rings (SSSR count). The number of nitrogens with one attached hydrogen (secondary N) is 2. The number of hydrogen-bond donors (Lipinski definition) is 3. The van der Waals surface area contributed by atoms with Crippen LogP contribution in [0.5, 0.6) is 0 Å². The van der Waals surface area contributed by atoms with Gasteiger partial charge < -0.3 is 15.2 Å². The van der Waals surface area contributed by atoms with Gasteiger partial charge in [-0.3, -0.25) is 24.6 Å². The number of aliphatic hydroxyl groups is 1. The number of amides is 3. The standard InChI is InChI=1S/C20H22BrN3O5/c1-9(25)16-14-15(18(27)24(17(14)26)8-11-3-2-6-29-11)20(23-16)12-7-10(21)4-5-13(12)22-19(20)28/h4-5,7,9,11,14-16,23,25H,2-3,6,8H2,1H3,(H,22,28)/t9-,11-,14-,15-,16+,20-/m0/s1. The van der Waals surface area contributed by atoms with Crippen molar-refractivity contribution in [3.05, 3.63) is 28.2 Å². The number of aliphatic hydroxyl groups excluding tert-OH is 1. The lowest BCUT2D eigenvalue weighted by molar-refractivity contribution is -0.144. The number of nitrogens with zero attached hydrogens (tertiary/aromatic N) is 1. The summed E-state index contributed by atoms with van der Waals surface area (Å²) in [4.78, 5) is 41.2. The number of halogens is 1. The molecule has 0 aliphatic carbocycles. The van der Waals surface area contributed by atoms with Crippen molar-refractivity contribution >= 4 is 39.3 Å². The van der Waals surface area contributed by atoms with E-state index in [2.05, 4.69) is 26.6 Å². The van der Waals surface area contributed by atoms with E-state index in [9.17, 15) is 19.5 Å². The lowest BCUT2D eigenvalue weighted by atomic mass is 9.76. The molecule has 1 spiro atoms. The fraction of sp³-hybridized carbons (Fsp3) is 0.550. The van der Waals surface area contributed by atoms with Crippen molar-refractivity contribution in [3.8, 4) is 0 Å². The van der Waals surface area contributed by atoms with Crippen LogP contribution in [0.4, 0.5) is 5.69 Å². The summed E-state index contributed by atoms with van der Waals surface area (Å²) in [5.74, 6) is -2.81. The van der Waals surface area contributed by atoms with Crippen LogP contribution in [0.15, 0.2) is 22.7 Å². The Labute approximate surface area is 176 Å². The van der Waals surface area contributed by atoms with E-state index in [-0.39, 0.29) is 30.4 Å². The van der Waals surface area contributed by atoms with Crippen LogP contribution in [-0.4, -0.2) is 59.1 Å².